The molecule has 2 unspecified atom stereocenters. The fraction of sp³-hybridized carbons (Fsp3) is 1.00. The molecule has 0 bridgehead atoms. The number of piperidine rings is 1. The van der Waals surface area contributed by atoms with Crippen LogP contribution in [-0.2, 0) is 19.9 Å². The largest absolute Gasteiger partial charge is 0.326 e. The van der Waals surface area contributed by atoms with Gasteiger partial charge in [0, 0.05) is 24.9 Å². The van der Waals surface area contributed by atoms with E-state index in [2.05, 4.69) is 0 Å². The van der Waals surface area contributed by atoms with Crippen molar-refractivity contribution >= 4 is 19.9 Å². The Balaban J connectivity index is 2.95. The lowest BCUT2D eigenvalue weighted by atomic mass is 10.00. The van der Waals surface area contributed by atoms with Gasteiger partial charge in [0.2, 0.25) is 10.0 Å². The predicted octanol–water partition coefficient (Wildman–Crippen LogP) is -0.480. The molecule has 8 heteroatoms. The smallest absolute Gasteiger partial charge is 0.228 e. The highest BCUT2D eigenvalue weighted by molar-refractivity contribution is 8.06. The maximum Gasteiger partial charge on any atom is 0.228 e. The molecule has 1 aliphatic rings. The summed E-state index contributed by atoms with van der Waals surface area (Å²) in [6.07, 6.45) is 3.30. The first-order chi connectivity index (χ1) is 7.63. The summed E-state index contributed by atoms with van der Waals surface area (Å²) in [6.45, 7) is 2.11. The van der Waals surface area contributed by atoms with Crippen LogP contribution in [0.1, 0.15) is 26.2 Å². The third-order valence-electron chi connectivity index (χ3n) is 2.83. The van der Waals surface area contributed by atoms with Crippen molar-refractivity contribution in [1.82, 2.24) is 4.31 Å². The van der Waals surface area contributed by atoms with Crippen molar-refractivity contribution in [1.29, 1.82) is 0 Å². The number of hydrogen-bond acceptors (Lipinski definition) is 5. The van der Waals surface area contributed by atoms with E-state index in [-0.39, 0.29) is 12.1 Å². The molecule has 2 atom stereocenters. The summed E-state index contributed by atoms with van der Waals surface area (Å²) in [5.41, 5.74) is 5.76. The van der Waals surface area contributed by atoms with Crippen LogP contribution in [0.3, 0.4) is 0 Å². The number of rotatable bonds is 4. The van der Waals surface area contributed by atoms with Crippen molar-refractivity contribution < 1.29 is 16.8 Å². The van der Waals surface area contributed by atoms with E-state index in [1.54, 1.807) is 6.92 Å². The standard InChI is InChI=1S/C9H20N2O4S2/c1-8(10)9-5-3-4-6-11(9)17(14,15)7-16(2,12)13/h8-9H,3-7,10H2,1-2H3. The number of nitrogens with two attached hydrogens (primary N) is 1. The Morgan fingerprint density at radius 1 is 1.29 bits per heavy atom. The second-order valence-corrected chi connectivity index (χ2v) is 9.12. The Hall–Kier alpha value is -0.180. The first-order valence-electron chi connectivity index (χ1n) is 5.56. The summed E-state index contributed by atoms with van der Waals surface area (Å²) >= 11 is 0. The summed E-state index contributed by atoms with van der Waals surface area (Å²) in [5, 5.41) is -0.830. The highest BCUT2D eigenvalue weighted by Gasteiger charge is 2.35. The first-order valence-corrected chi connectivity index (χ1v) is 9.23. The highest BCUT2D eigenvalue weighted by Crippen LogP contribution is 2.23. The SMILES string of the molecule is CC(N)C1CCCCN1S(=O)(=O)CS(C)(=O)=O. The van der Waals surface area contributed by atoms with Gasteiger partial charge in [-0.3, -0.25) is 0 Å². The summed E-state index contributed by atoms with van der Waals surface area (Å²) in [7, 11) is -7.32. The molecule has 102 valence electrons. The maximum atomic E-state index is 12.0. The zero-order valence-electron chi connectivity index (χ0n) is 10.2. The van der Waals surface area contributed by atoms with Crippen LogP contribution in [0.5, 0.6) is 0 Å². The van der Waals surface area contributed by atoms with E-state index < -0.39 is 24.9 Å². The van der Waals surface area contributed by atoms with Crippen molar-refractivity contribution in [3.63, 3.8) is 0 Å². The molecule has 0 radical (unpaired) electrons. The molecule has 0 aromatic carbocycles. The molecule has 1 aliphatic heterocycles. The van der Waals surface area contributed by atoms with Crippen LogP contribution in [-0.4, -0.2) is 51.1 Å². The summed E-state index contributed by atoms with van der Waals surface area (Å²) in [5.74, 6) is 0. The summed E-state index contributed by atoms with van der Waals surface area (Å²) in [4.78, 5) is 0. The van der Waals surface area contributed by atoms with E-state index in [0.29, 0.717) is 13.0 Å². The topological polar surface area (TPSA) is 97.5 Å². The van der Waals surface area contributed by atoms with Gasteiger partial charge >= 0.3 is 0 Å². The highest BCUT2D eigenvalue weighted by atomic mass is 32.3. The third kappa shape index (κ3) is 4.20. The monoisotopic (exact) mass is 284 g/mol. The molecule has 17 heavy (non-hydrogen) atoms. The van der Waals surface area contributed by atoms with Crippen LogP contribution in [0.25, 0.3) is 0 Å². The maximum absolute atomic E-state index is 12.0. The second-order valence-electron chi connectivity index (χ2n) is 4.69. The normalized spacial score (nSPS) is 25.7. The average Bonchev–Trinajstić information content (AvgIpc) is 2.14. The predicted molar refractivity (Wildman–Crippen MR) is 66.6 cm³/mol. The van der Waals surface area contributed by atoms with Crippen LogP contribution >= 0.6 is 0 Å². The molecule has 0 spiro atoms. The molecule has 0 saturated carbocycles. The van der Waals surface area contributed by atoms with Gasteiger partial charge in [0.1, 0.15) is 0 Å². The van der Waals surface area contributed by atoms with E-state index in [9.17, 15) is 16.8 Å². The molecular formula is C9H20N2O4S2. The molecule has 1 heterocycles. The third-order valence-corrected chi connectivity index (χ3v) is 6.90. The minimum Gasteiger partial charge on any atom is -0.326 e. The average molecular weight is 284 g/mol. The lowest BCUT2D eigenvalue weighted by Crippen LogP contribution is -2.52. The lowest BCUT2D eigenvalue weighted by Gasteiger charge is -2.36. The van der Waals surface area contributed by atoms with Gasteiger partial charge in [0.05, 0.1) is 0 Å². The fourth-order valence-electron chi connectivity index (χ4n) is 2.14. The minimum atomic E-state index is -3.77. The number of sulfonamides is 1. The van der Waals surface area contributed by atoms with Crippen LogP contribution in [0.2, 0.25) is 0 Å². The number of hydrogen-bond donors (Lipinski definition) is 1. The fourth-order valence-corrected chi connectivity index (χ4v) is 5.96. The molecule has 1 saturated heterocycles. The molecule has 2 N–H and O–H groups in total. The minimum absolute atomic E-state index is 0.282. The van der Waals surface area contributed by atoms with Gasteiger partial charge in [0.25, 0.3) is 0 Å². The van der Waals surface area contributed by atoms with Gasteiger partial charge in [-0.05, 0) is 19.8 Å². The van der Waals surface area contributed by atoms with E-state index in [4.69, 9.17) is 5.73 Å². The van der Waals surface area contributed by atoms with Crippen molar-refractivity contribution in [2.75, 3.05) is 17.9 Å². The second kappa shape index (κ2) is 5.21. The molecule has 1 fully saturated rings. The zero-order valence-corrected chi connectivity index (χ0v) is 11.8. The first kappa shape index (κ1) is 14.9. The number of sulfone groups is 1. The van der Waals surface area contributed by atoms with Gasteiger partial charge in [-0.25, -0.2) is 16.8 Å². The van der Waals surface area contributed by atoms with Gasteiger partial charge in [-0.15, -0.1) is 0 Å². The summed E-state index contributed by atoms with van der Waals surface area (Å²) < 4.78 is 47.5. The van der Waals surface area contributed by atoms with Crippen LogP contribution in [0.4, 0.5) is 0 Å². The Labute approximate surface area is 103 Å². The molecule has 6 nitrogen and oxygen atoms in total. The number of nitrogens with zero attached hydrogens (tertiary/aromatic N) is 1. The molecule has 0 aromatic rings. The molecule has 0 aliphatic carbocycles. The quantitative estimate of drug-likeness (QED) is 0.752. The van der Waals surface area contributed by atoms with Crippen molar-refractivity contribution in [2.24, 2.45) is 5.73 Å². The Kier molecular flexibility index (Phi) is 4.56. The van der Waals surface area contributed by atoms with E-state index >= 15 is 0 Å². The Bertz CT molecular complexity index is 455. The lowest BCUT2D eigenvalue weighted by molar-refractivity contribution is 0.228. The van der Waals surface area contributed by atoms with Gasteiger partial charge < -0.3 is 5.73 Å². The van der Waals surface area contributed by atoms with Gasteiger partial charge in [-0.2, -0.15) is 4.31 Å². The van der Waals surface area contributed by atoms with E-state index in [0.717, 1.165) is 19.1 Å². The van der Waals surface area contributed by atoms with Crippen molar-refractivity contribution in [3.8, 4) is 0 Å². The molecule has 0 amide bonds. The van der Waals surface area contributed by atoms with Crippen molar-refractivity contribution in [3.05, 3.63) is 0 Å². The van der Waals surface area contributed by atoms with E-state index in [1.165, 1.54) is 4.31 Å². The molecule has 1 rings (SSSR count). The van der Waals surface area contributed by atoms with Crippen LogP contribution in [0, 0.1) is 0 Å². The zero-order chi connectivity index (χ0) is 13.3. The van der Waals surface area contributed by atoms with E-state index in [1.807, 2.05) is 0 Å². The Morgan fingerprint density at radius 3 is 2.35 bits per heavy atom. The van der Waals surface area contributed by atoms with Gasteiger partial charge in [-0.1, -0.05) is 6.42 Å². The van der Waals surface area contributed by atoms with Gasteiger partial charge in [0.15, 0.2) is 14.9 Å². The Morgan fingerprint density at radius 2 is 1.88 bits per heavy atom. The molecular weight excluding hydrogens is 264 g/mol. The van der Waals surface area contributed by atoms with Crippen LogP contribution in [0.15, 0.2) is 0 Å². The van der Waals surface area contributed by atoms with Crippen molar-refractivity contribution in [2.45, 2.75) is 38.3 Å². The summed E-state index contributed by atoms with van der Waals surface area (Å²) in [6, 6.07) is -0.569. The molecule has 0 aromatic heterocycles. The van der Waals surface area contributed by atoms with Crippen LogP contribution < -0.4 is 5.73 Å².